The molecule has 1 aliphatic carbocycles. The van der Waals surface area contributed by atoms with Crippen LogP contribution in [0.5, 0.6) is 0 Å². The summed E-state index contributed by atoms with van der Waals surface area (Å²) >= 11 is 3.78. The summed E-state index contributed by atoms with van der Waals surface area (Å²) in [5.74, 6) is 1.42. The molecule has 0 N–H and O–H groups in total. The van der Waals surface area contributed by atoms with Crippen LogP contribution in [0.3, 0.4) is 0 Å². The molecule has 0 radical (unpaired) electrons. The summed E-state index contributed by atoms with van der Waals surface area (Å²) in [7, 11) is 0. The summed E-state index contributed by atoms with van der Waals surface area (Å²) in [4.78, 5) is 9.94. The number of hydrogen-bond donors (Lipinski definition) is 0. The zero-order chi connectivity index (χ0) is 21.5. The molecule has 0 bridgehead atoms. The van der Waals surface area contributed by atoms with E-state index in [1.54, 1.807) is 0 Å². The Morgan fingerprint density at radius 1 is 0.688 bits per heavy atom. The summed E-state index contributed by atoms with van der Waals surface area (Å²) in [5.41, 5.74) is 7.72. The average molecular weight is 480 g/mol. The van der Waals surface area contributed by atoms with Crippen molar-refractivity contribution >= 4 is 21.7 Å². The Balaban J connectivity index is 1.54. The summed E-state index contributed by atoms with van der Waals surface area (Å²) in [6.45, 7) is 0. The van der Waals surface area contributed by atoms with Crippen molar-refractivity contribution in [1.29, 1.82) is 0 Å². The zero-order valence-electron chi connectivity index (χ0n) is 17.6. The summed E-state index contributed by atoms with van der Waals surface area (Å²) in [5, 5.41) is 0. The fourth-order valence-electron chi connectivity index (χ4n) is 4.43. The van der Waals surface area contributed by atoms with Crippen molar-refractivity contribution in [2.24, 2.45) is 0 Å². The van der Waals surface area contributed by atoms with Crippen LogP contribution in [-0.4, -0.2) is 14.4 Å². The Labute approximate surface area is 195 Å². The molecule has 1 aliphatic rings. The van der Waals surface area contributed by atoms with Crippen LogP contribution in [0.25, 0.3) is 39.4 Å². The predicted octanol–water partition coefficient (Wildman–Crippen LogP) is 7.76. The van der Waals surface area contributed by atoms with Crippen LogP contribution in [0.15, 0.2) is 95.7 Å². The molecule has 156 valence electrons. The Bertz CT molecular complexity index is 1390. The first-order chi connectivity index (χ1) is 15.8. The molecule has 1 fully saturated rings. The Hall–Kier alpha value is -3.24. The molecule has 32 heavy (non-hydrogen) atoms. The standard InChI is InChI=1S/C28H22BrN3/c29-27-26(22-10-5-2-6-11-22)31-28-30-25(23-16-14-20(15-17-23)19-12-7-13-19)24(18-32(27)28)21-8-3-1-4-9-21/h1-6,8-11,14-19H,7,12-13H2. The van der Waals surface area contributed by atoms with E-state index in [0.717, 1.165) is 44.2 Å². The molecule has 1 saturated carbocycles. The average Bonchev–Trinajstić information content (AvgIpc) is 3.14. The second-order valence-electron chi connectivity index (χ2n) is 8.41. The van der Waals surface area contributed by atoms with Gasteiger partial charge in [0.05, 0.1) is 5.69 Å². The van der Waals surface area contributed by atoms with Gasteiger partial charge in [0, 0.05) is 22.9 Å². The van der Waals surface area contributed by atoms with Crippen LogP contribution >= 0.6 is 15.9 Å². The minimum absolute atomic E-state index is 0.688. The van der Waals surface area contributed by atoms with Gasteiger partial charge in [0.1, 0.15) is 10.3 Å². The molecule has 0 amide bonds. The summed E-state index contributed by atoms with van der Waals surface area (Å²) in [6, 6.07) is 29.7. The third kappa shape index (κ3) is 3.35. The molecule has 3 nitrogen and oxygen atoms in total. The van der Waals surface area contributed by atoms with Crippen molar-refractivity contribution < 1.29 is 0 Å². The first-order valence-electron chi connectivity index (χ1n) is 11.1. The van der Waals surface area contributed by atoms with Gasteiger partial charge in [-0.05, 0) is 45.8 Å². The van der Waals surface area contributed by atoms with Gasteiger partial charge >= 0.3 is 0 Å². The number of nitrogens with zero attached hydrogens (tertiary/aromatic N) is 3. The smallest absolute Gasteiger partial charge is 0.235 e. The van der Waals surface area contributed by atoms with Gasteiger partial charge in [0.25, 0.3) is 0 Å². The quantitative estimate of drug-likeness (QED) is 0.263. The molecule has 3 aromatic carbocycles. The summed E-state index contributed by atoms with van der Waals surface area (Å²) in [6.07, 6.45) is 6.12. The van der Waals surface area contributed by atoms with E-state index in [-0.39, 0.29) is 0 Å². The highest BCUT2D eigenvalue weighted by Gasteiger charge is 2.21. The molecular weight excluding hydrogens is 458 g/mol. The third-order valence-corrected chi connectivity index (χ3v) is 7.21. The molecule has 5 aromatic rings. The number of benzene rings is 3. The van der Waals surface area contributed by atoms with Gasteiger partial charge in [-0.3, -0.25) is 4.40 Å². The molecule has 0 unspecified atom stereocenters. The van der Waals surface area contributed by atoms with Crippen molar-refractivity contribution in [1.82, 2.24) is 14.4 Å². The minimum atomic E-state index is 0.688. The van der Waals surface area contributed by atoms with E-state index in [4.69, 9.17) is 9.97 Å². The molecule has 0 aliphatic heterocycles. The van der Waals surface area contributed by atoms with E-state index in [0.29, 0.717) is 5.78 Å². The van der Waals surface area contributed by atoms with Crippen molar-refractivity contribution in [2.45, 2.75) is 25.2 Å². The number of halogens is 1. The Morgan fingerprint density at radius 3 is 1.91 bits per heavy atom. The maximum absolute atomic E-state index is 5.06. The van der Waals surface area contributed by atoms with E-state index in [2.05, 4.69) is 82.8 Å². The maximum Gasteiger partial charge on any atom is 0.235 e. The van der Waals surface area contributed by atoms with Crippen molar-refractivity contribution in [3.63, 3.8) is 0 Å². The molecular formula is C28H22BrN3. The topological polar surface area (TPSA) is 30.2 Å². The fraction of sp³-hybridized carbons (Fsp3) is 0.143. The van der Waals surface area contributed by atoms with Crippen molar-refractivity contribution in [3.05, 3.63) is 101 Å². The fourth-order valence-corrected chi connectivity index (χ4v) is 5.01. The summed E-state index contributed by atoms with van der Waals surface area (Å²) < 4.78 is 2.95. The van der Waals surface area contributed by atoms with Gasteiger partial charge in [0.15, 0.2) is 0 Å². The van der Waals surface area contributed by atoms with Crippen LogP contribution in [-0.2, 0) is 0 Å². The first-order valence-corrected chi connectivity index (χ1v) is 11.9. The van der Waals surface area contributed by atoms with E-state index in [1.807, 2.05) is 28.7 Å². The van der Waals surface area contributed by atoms with E-state index in [1.165, 1.54) is 24.8 Å². The van der Waals surface area contributed by atoms with Gasteiger partial charge in [-0.1, -0.05) is 91.3 Å². The molecule has 4 heteroatoms. The number of hydrogen-bond acceptors (Lipinski definition) is 2. The Morgan fingerprint density at radius 2 is 1.28 bits per heavy atom. The molecule has 0 spiro atoms. The number of imidazole rings is 1. The number of rotatable bonds is 4. The highest BCUT2D eigenvalue weighted by Crippen LogP contribution is 2.38. The predicted molar refractivity (Wildman–Crippen MR) is 134 cm³/mol. The zero-order valence-corrected chi connectivity index (χ0v) is 19.2. The van der Waals surface area contributed by atoms with Crippen LogP contribution in [0.2, 0.25) is 0 Å². The van der Waals surface area contributed by atoms with Gasteiger partial charge < -0.3 is 0 Å². The highest BCUT2D eigenvalue weighted by molar-refractivity contribution is 9.10. The van der Waals surface area contributed by atoms with Gasteiger partial charge in [-0.25, -0.2) is 9.97 Å². The molecule has 6 rings (SSSR count). The minimum Gasteiger partial charge on any atom is -0.277 e. The van der Waals surface area contributed by atoms with E-state index in [9.17, 15) is 0 Å². The maximum atomic E-state index is 5.06. The lowest BCUT2D eigenvalue weighted by Crippen LogP contribution is -2.08. The largest absolute Gasteiger partial charge is 0.277 e. The lowest BCUT2D eigenvalue weighted by atomic mass is 9.80. The van der Waals surface area contributed by atoms with Crippen molar-refractivity contribution in [3.8, 4) is 33.6 Å². The molecule has 2 heterocycles. The van der Waals surface area contributed by atoms with Crippen molar-refractivity contribution in [2.75, 3.05) is 0 Å². The van der Waals surface area contributed by atoms with Crippen LogP contribution in [0.4, 0.5) is 0 Å². The van der Waals surface area contributed by atoms with Crippen LogP contribution < -0.4 is 0 Å². The lowest BCUT2D eigenvalue weighted by molar-refractivity contribution is 0.420. The SMILES string of the molecule is Brc1c(-c2ccccc2)nc2nc(-c3ccc(C4CCC4)cc3)c(-c3ccccc3)cn12. The molecule has 2 aromatic heterocycles. The second kappa shape index (κ2) is 8.03. The first kappa shape index (κ1) is 19.4. The highest BCUT2D eigenvalue weighted by atomic mass is 79.9. The third-order valence-electron chi connectivity index (χ3n) is 6.45. The van der Waals surface area contributed by atoms with Gasteiger partial charge in [-0.2, -0.15) is 0 Å². The number of fused-ring (bicyclic) bond motifs is 1. The van der Waals surface area contributed by atoms with Crippen LogP contribution in [0, 0.1) is 0 Å². The van der Waals surface area contributed by atoms with Crippen LogP contribution in [0.1, 0.15) is 30.7 Å². The van der Waals surface area contributed by atoms with E-state index >= 15 is 0 Å². The van der Waals surface area contributed by atoms with Gasteiger partial charge in [0.2, 0.25) is 5.78 Å². The molecule has 0 saturated heterocycles. The Kier molecular flexibility index (Phi) is 4.88. The molecule has 0 atom stereocenters. The lowest BCUT2D eigenvalue weighted by Gasteiger charge is -2.25. The second-order valence-corrected chi connectivity index (χ2v) is 9.16. The normalized spacial score (nSPS) is 13.9. The number of aromatic nitrogens is 3. The van der Waals surface area contributed by atoms with Gasteiger partial charge in [-0.15, -0.1) is 0 Å². The van der Waals surface area contributed by atoms with E-state index < -0.39 is 0 Å². The monoisotopic (exact) mass is 479 g/mol.